The van der Waals surface area contributed by atoms with Crippen LogP contribution in [0.1, 0.15) is 36.0 Å². The molecule has 0 radical (unpaired) electrons. The van der Waals surface area contributed by atoms with Crippen molar-refractivity contribution in [3.05, 3.63) is 40.2 Å². The van der Waals surface area contributed by atoms with Gasteiger partial charge in [-0.1, -0.05) is 18.6 Å². The minimum atomic E-state index is -0.570. The molecule has 0 saturated carbocycles. The number of aromatic nitrogens is 1. The lowest BCUT2D eigenvalue weighted by Crippen LogP contribution is -2.34. The van der Waals surface area contributed by atoms with Gasteiger partial charge in [0.15, 0.2) is 0 Å². The second-order valence-electron chi connectivity index (χ2n) is 6.24. The Hall–Kier alpha value is -2.34. The average molecular weight is 329 g/mol. The van der Waals surface area contributed by atoms with Crippen molar-refractivity contribution in [3.8, 4) is 5.75 Å². The Kier molecular flexibility index (Phi) is 5.15. The van der Waals surface area contributed by atoms with E-state index >= 15 is 0 Å². The average Bonchev–Trinajstić information content (AvgIpc) is 2.60. The lowest BCUT2D eigenvalue weighted by molar-refractivity contribution is 0.0947. The van der Waals surface area contributed by atoms with Crippen LogP contribution in [0, 0.1) is 0 Å². The molecule has 1 fully saturated rings. The molecule has 0 spiro atoms. The summed E-state index contributed by atoms with van der Waals surface area (Å²) >= 11 is 0. The summed E-state index contributed by atoms with van der Waals surface area (Å²) in [6.45, 7) is 3.68. The largest absolute Gasteiger partial charge is 0.506 e. The number of fused-ring (bicyclic) bond motifs is 1. The molecule has 2 aromatic rings. The summed E-state index contributed by atoms with van der Waals surface area (Å²) in [6.07, 6.45) is 4.62. The molecular weight excluding hydrogens is 306 g/mol. The van der Waals surface area contributed by atoms with Gasteiger partial charge in [0.25, 0.3) is 11.5 Å². The van der Waals surface area contributed by atoms with E-state index in [1.165, 1.54) is 19.3 Å². The van der Waals surface area contributed by atoms with Crippen molar-refractivity contribution >= 4 is 16.8 Å². The zero-order chi connectivity index (χ0) is 16.9. The molecule has 1 aromatic heterocycles. The highest BCUT2D eigenvalue weighted by atomic mass is 16.3. The molecule has 1 aliphatic rings. The van der Waals surface area contributed by atoms with Crippen molar-refractivity contribution < 1.29 is 9.90 Å². The molecule has 0 bridgehead atoms. The van der Waals surface area contributed by atoms with E-state index in [9.17, 15) is 14.7 Å². The number of aromatic hydroxyl groups is 1. The number of nitrogens with one attached hydrogen (secondary N) is 2. The standard InChI is InChI=1S/C18H23N3O3/c22-16-13-7-2-3-8-14(13)20-18(24)15(16)17(23)19-9-6-12-21-10-4-1-5-11-21/h2-3,7-8H,1,4-6,9-12H2,(H,19,23)(H2,20,22,24). The first-order valence-corrected chi connectivity index (χ1v) is 8.51. The van der Waals surface area contributed by atoms with E-state index in [2.05, 4.69) is 15.2 Å². The van der Waals surface area contributed by atoms with Crippen LogP contribution in [-0.2, 0) is 0 Å². The number of para-hydroxylation sites is 1. The fourth-order valence-electron chi connectivity index (χ4n) is 3.21. The van der Waals surface area contributed by atoms with Gasteiger partial charge in [-0.05, 0) is 51.0 Å². The van der Waals surface area contributed by atoms with Crippen molar-refractivity contribution in [2.75, 3.05) is 26.2 Å². The lowest BCUT2D eigenvalue weighted by atomic mass is 10.1. The van der Waals surface area contributed by atoms with Gasteiger partial charge in [0.1, 0.15) is 11.3 Å². The summed E-state index contributed by atoms with van der Waals surface area (Å²) in [6, 6.07) is 6.88. The predicted molar refractivity (Wildman–Crippen MR) is 93.5 cm³/mol. The SMILES string of the molecule is O=C(NCCCN1CCCCC1)c1c(O)c2ccccc2[nH]c1=O. The van der Waals surface area contributed by atoms with Crippen LogP contribution in [-0.4, -0.2) is 47.1 Å². The Bertz CT molecular complexity index is 779. The van der Waals surface area contributed by atoms with E-state index in [0.717, 1.165) is 26.1 Å². The number of aromatic amines is 1. The van der Waals surface area contributed by atoms with E-state index in [0.29, 0.717) is 17.4 Å². The zero-order valence-electron chi connectivity index (χ0n) is 13.7. The van der Waals surface area contributed by atoms with Gasteiger partial charge < -0.3 is 20.3 Å². The maximum absolute atomic E-state index is 12.3. The third kappa shape index (κ3) is 3.59. The summed E-state index contributed by atoms with van der Waals surface area (Å²) in [4.78, 5) is 29.4. The molecule has 24 heavy (non-hydrogen) atoms. The van der Waals surface area contributed by atoms with E-state index < -0.39 is 11.5 Å². The number of pyridine rings is 1. The van der Waals surface area contributed by atoms with E-state index in [1.54, 1.807) is 24.3 Å². The Balaban J connectivity index is 1.62. The lowest BCUT2D eigenvalue weighted by Gasteiger charge is -2.26. The van der Waals surface area contributed by atoms with Gasteiger partial charge >= 0.3 is 0 Å². The fraction of sp³-hybridized carbons (Fsp3) is 0.444. The molecule has 3 rings (SSSR count). The third-order valence-electron chi connectivity index (χ3n) is 4.51. The van der Waals surface area contributed by atoms with Crippen LogP contribution in [0.3, 0.4) is 0 Å². The topological polar surface area (TPSA) is 85.4 Å². The highest BCUT2D eigenvalue weighted by molar-refractivity contribution is 6.01. The van der Waals surface area contributed by atoms with Crippen LogP contribution in [0.15, 0.2) is 29.1 Å². The molecule has 1 amide bonds. The molecule has 128 valence electrons. The summed E-state index contributed by atoms with van der Waals surface area (Å²) in [5.74, 6) is -0.791. The fourth-order valence-corrected chi connectivity index (χ4v) is 3.21. The number of H-pyrrole nitrogens is 1. The maximum Gasteiger partial charge on any atom is 0.265 e. The second-order valence-corrected chi connectivity index (χ2v) is 6.24. The molecule has 3 N–H and O–H groups in total. The van der Waals surface area contributed by atoms with Crippen molar-refractivity contribution in [1.29, 1.82) is 0 Å². The van der Waals surface area contributed by atoms with Gasteiger partial charge in [-0.2, -0.15) is 0 Å². The summed E-state index contributed by atoms with van der Waals surface area (Å²) in [7, 11) is 0. The smallest absolute Gasteiger partial charge is 0.265 e. The van der Waals surface area contributed by atoms with Crippen LogP contribution >= 0.6 is 0 Å². The van der Waals surface area contributed by atoms with Gasteiger partial charge in [-0.15, -0.1) is 0 Å². The number of likely N-dealkylation sites (tertiary alicyclic amines) is 1. The maximum atomic E-state index is 12.3. The van der Waals surface area contributed by atoms with Crippen LogP contribution in [0.4, 0.5) is 0 Å². The number of carbonyl (C=O) groups excluding carboxylic acids is 1. The minimum absolute atomic E-state index is 0.216. The molecule has 0 unspecified atom stereocenters. The first-order valence-electron chi connectivity index (χ1n) is 8.51. The van der Waals surface area contributed by atoms with E-state index in [4.69, 9.17) is 0 Å². The first-order chi connectivity index (χ1) is 11.7. The highest BCUT2D eigenvalue weighted by Crippen LogP contribution is 2.24. The monoisotopic (exact) mass is 329 g/mol. The molecule has 6 nitrogen and oxygen atoms in total. The predicted octanol–water partition coefficient (Wildman–Crippen LogP) is 1.84. The first kappa shape index (κ1) is 16.5. The van der Waals surface area contributed by atoms with E-state index in [-0.39, 0.29) is 11.3 Å². The Morgan fingerprint density at radius 2 is 1.96 bits per heavy atom. The number of amides is 1. The van der Waals surface area contributed by atoms with Crippen LogP contribution < -0.4 is 10.9 Å². The number of nitrogens with zero attached hydrogens (tertiary/aromatic N) is 1. The van der Waals surface area contributed by atoms with Crippen molar-refractivity contribution in [1.82, 2.24) is 15.2 Å². The van der Waals surface area contributed by atoms with Gasteiger partial charge in [0, 0.05) is 11.9 Å². The van der Waals surface area contributed by atoms with Gasteiger partial charge in [-0.25, -0.2) is 0 Å². The Labute approximate surface area is 140 Å². The third-order valence-corrected chi connectivity index (χ3v) is 4.51. The molecular formula is C18H23N3O3. The number of benzene rings is 1. The number of piperidine rings is 1. The second kappa shape index (κ2) is 7.49. The number of hydrogen-bond acceptors (Lipinski definition) is 4. The van der Waals surface area contributed by atoms with E-state index in [1.807, 2.05) is 0 Å². The minimum Gasteiger partial charge on any atom is -0.506 e. The normalized spacial score (nSPS) is 15.5. The number of rotatable bonds is 5. The summed E-state index contributed by atoms with van der Waals surface area (Å²) < 4.78 is 0. The van der Waals surface area contributed by atoms with Gasteiger partial charge in [0.2, 0.25) is 0 Å². The van der Waals surface area contributed by atoms with Gasteiger partial charge in [-0.3, -0.25) is 9.59 Å². The zero-order valence-corrected chi connectivity index (χ0v) is 13.7. The quantitative estimate of drug-likeness (QED) is 0.731. The summed E-state index contributed by atoms with van der Waals surface area (Å²) in [5.41, 5.74) is -0.270. The van der Waals surface area contributed by atoms with Crippen molar-refractivity contribution in [2.45, 2.75) is 25.7 Å². The Morgan fingerprint density at radius 1 is 1.21 bits per heavy atom. The van der Waals surface area contributed by atoms with Crippen LogP contribution in [0.25, 0.3) is 10.9 Å². The van der Waals surface area contributed by atoms with Crippen molar-refractivity contribution in [2.24, 2.45) is 0 Å². The molecule has 6 heteroatoms. The van der Waals surface area contributed by atoms with Crippen molar-refractivity contribution in [3.63, 3.8) is 0 Å². The molecule has 1 aliphatic heterocycles. The molecule has 1 saturated heterocycles. The van der Waals surface area contributed by atoms with Crippen LogP contribution in [0.2, 0.25) is 0 Å². The molecule has 0 atom stereocenters. The van der Waals surface area contributed by atoms with Gasteiger partial charge in [0.05, 0.1) is 5.52 Å². The molecule has 2 heterocycles. The number of carbonyl (C=O) groups is 1. The highest BCUT2D eigenvalue weighted by Gasteiger charge is 2.18. The summed E-state index contributed by atoms with van der Waals surface area (Å²) in [5, 5.41) is 13.5. The Morgan fingerprint density at radius 3 is 2.75 bits per heavy atom. The number of hydrogen-bond donors (Lipinski definition) is 3. The molecule has 0 aliphatic carbocycles. The van der Waals surface area contributed by atoms with Crippen LogP contribution in [0.5, 0.6) is 5.75 Å². The molecule has 1 aromatic carbocycles.